The maximum absolute atomic E-state index is 12.8. The predicted molar refractivity (Wildman–Crippen MR) is 143 cm³/mol. The second kappa shape index (κ2) is 9.34. The fourth-order valence-electron chi connectivity index (χ4n) is 4.61. The Bertz CT molecular complexity index is 1680. The SMILES string of the molecule is Cc1cc(N2CCN(c3ncccn3)CC2)nc2ccc(NC(=O)c3cc(=O)c4ccccc4o3)cc12. The molecule has 0 saturated carbocycles. The number of fused-ring (bicyclic) bond motifs is 2. The van der Waals surface area contributed by atoms with Crippen molar-refractivity contribution in [3.05, 3.63) is 94.6 Å². The highest BCUT2D eigenvalue weighted by Gasteiger charge is 2.21. The van der Waals surface area contributed by atoms with Crippen LogP contribution in [-0.4, -0.2) is 47.0 Å². The molecule has 4 heterocycles. The molecule has 0 unspecified atom stereocenters. The molecule has 5 aromatic rings. The summed E-state index contributed by atoms with van der Waals surface area (Å²) in [5, 5.41) is 4.22. The van der Waals surface area contributed by atoms with Gasteiger partial charge >= 0.3 is 0 Å². The Morgan fingerprint density at radius 1 is 0.892 bits per heavy atom. The average molecular weight is 493 g/mol. The summed E-state index contributed by atoms with van der Waals surface area (Å²) < 4.78 is 5.67. The summed E-state index contributed by atoms with van der Waals surface area (Å²) in [6.07, 6.45) is 3.52. The lowest BCUT2D eigenvalue weighted by molar-refractivity contribution is 0.0997. The molecule has 0 bridgehead atoms. The van der Waals surface area contributed by atoms with Crippen molar-refractivity contribution in [2.24, 2.45) is 0 Å². The van der Waals surface area contributed by atoms with Crippen LogP contribution in [0.15, 0.2) is 82.3 Å². The number of piperazine rings is 1. The van der Waals surface area contributed by atoms with Crippen molar-refractivity contribution in [2.45, 2.75) is 6.92 Å². The Morgan fingerprint density at radius 2 is 1.65 bits per heavy atom. The molecule has 1 fully saturated rings. The summed E-state index contributed by atoms with van der Waals surface area (Å²) in [7, 11) is 0. The molecule has 0 atom stereocenters. The third-order valence-electron chi connectivity index (χ3n) is 6.56. The number of benzene rings is 2. The van der Waals surface area contributed by atoms with Crippen LogP contribution in [-0.2, 0) is 0 Å². The molecule has 1 amide bonds. The second-order valence-electron chi connectivity index (χ2n) is 8.98. The predicted octanol–water partition coefficient (Wildman–Crippen LogP) is 4.02. The van der Waals surface area contributed by atoms with Gasteiger partial charge in [-0.3, -0.25) is 9.59 Å². The van der Waals surface area contributed by atoms with Crippen LogP contribution in [0, 0.1) is 6.92 Å². The molecule has 184 valence electrons. The highest BCUT2D eigenvalue weighted by atomic mass is 16.3. The number of nitrogens with zero attached hydrogens (tertiary/aromatic N) is 5. The summed E-state index contributed by atoms with van der Waals surface area (Å²) in [6, 6.07) is 17.6. The number of anilines is 3. The Labute approximate surface area is 212 Å². The molecule has 0 radical (unpaired) electrons. The molecule has 1 aliphatic rings. The number of rotatable bonds is 4. The molecule has 0 spiro atoms. The number of hydrogen-bond donors (Lipinski definition) is 1. The zero-order valence-corrected chi connectivity index (χ0v) is 20.2. The molecule has 3 aromatic heterocycles. The lowest BCUT2D eigenvalue weighted by Crippen LogP contribution is -2.47. The summed E-state index contributed by atoms with van der Waals surface area (Å²) >= 11 is 0. The number of hydrogen-bond acceptors (Lipinski definition) is 8. The lowest BCUT2D eigenvalue weighted by atomic mass is 10.1. The molecular formula is C28H24N6O3. The molecule has 9 nitrogen and oxygen atoms in total. The van der Waals surface area contributed by atoms with E-state index in [1.807, 2.05) is 25.1 Å². The quantitative estimate of drug-likeness (QED) is 0.401. The number of para-hydroxylation sites is 1. The van der Waals surface area contributed by atoms with Crippen molar-refractivity contribution >= 4 is 45.2 Å². The van der Waals surface area contributed by atoms with Gasteiger partial charge in [0, 0.05) is 55.7 Å². The van der Waals surface area contributed by atoms with Gasteiger partial charge in [0.15, 0.2) is 11.2 Å². The molecule has 37 heavy (non-hydrogen) atoms. The zero-order chi connectivity index (χ0) is 25.4. The number of amides is 1. The van der Waals surface area contributed by atoms with Gasteiger partial charge in [0.2, 0.25) is 5.95 Å². The maximum atomic E-state index is 12.8. The van der Waals surface area contributed by atoms with Gasteiger partial charge in [0.25, 0.3) is 5.91 Å². The Morgan fingerprint density at radius 3 is 2.46 bits per heavy atom. The molecular weight excluding hydrogens is 468 g/mol. The van der Waals surface area contributed by atoms with Gasteiger partial charge in [0.05, 0.1) is 10.9 Å². The largest absolute Gasteiger partial charge is 0.451 e. The van der Waals surface area contributed by atoms with Crippen LogP contribution in [0.4, 0.5) is 17.5 Å². The topological polar surface area (TPSA) is 104 Å². The number of pyridine rings is 1. The summed E-state index contributed by atoms with van der Waals surface area (Å²) in [4.78, 5) is 43.2. The Hall–Kier alpha value is -4.79. The van der Waals surface area contributed by atoms with Crippen LogP contribution in [0.25, 0.3) is 21.9 Å². The molecule has 6 rings (SSSR count). The first-order chi connectivity index (χ1) is 18.0. The zero-order valence-electron chi connectivity index (χ0n) is 20.2. The fourth-order valence-corrected chi connectivity index (χ4v) is 4.61. The normalized spacial score (nSPS) is 13.8. The van der Waals surface area contributed by atoms with E-state index in [1.54, 1.807) is 42.7 Å². The molecule has 9 heteroatoms. The Kier molecular flexibility index (Phi) is 5.72. The van der Waals surface area contributed by atoms with Gasteiger partial charge in [-0.1, -0.05) is 12.1 Å². The van der Waals surface area contributed by atoms with Crippen molar-refractivity contribution in [3.63, 3.8) is 0 Å². The summed E-state index contributed by atoms with van der Waals surface area (Å²) in [5.74, 6) is 1.16. The van der Waals surface area contributed by atoms with Crippen LogP contribution >= 0.6 is 0 Å². The monoisotopic (exact) mass is 492 g/mol. The van der Waals surface area contributed by atoms with E-state index in [4.69, 9.17) is 9.40 Å². The van der Waals surface area contributed by atoms with Gasteiger partial charge in [-0.25, -0.2) is 15.0 Å². The fraction of sp³-hybridized carbons (Fsp3) is 0.179. The van der Waals surface area contributed by atoms with E-state index in [2.05, 4.69) is 31.2 Å². The van der Waals surface area contributed by atoms with Crippen molar-refractivity contribution in [3.8, 4) is 0 Å². The third-order valence-corrected chi connectivity index (χ3v) is 6.56. The lowest BCUT2D eigenvalue weighted by Gasteiger charge is -2.35. The van der Waals surface area contributed by atoms with Crippen molar-refractivity contribution in [1.29, 1.82) is 0 Å². The van der Waals surface area contributed by atoms with Crippen LogP contribution < -0.4 is 20.5 Å². The number of aromatic nitrogens is 3. The summed E-state index contributed by atoms with van der Waals surface area (Å²) in [6.45, 7) is 5.31. The number of carbonyl (C=O) groups is 1. The molecule has 0 aliphatic carbocycles. The molecule has 2 aromatic carbocycles. The van der Waals surface area contributed by atoms with Gasteiger partial charge in [-0.15, -0.1) is 0 Å². The van der Waals surface area contributed by atoms with Crippen LogP contribution in [0.3, 0.4) is 0 Å². The minimum atomic E-state index is -0.482. The molecule has 1 N–H and O–H groups in total. The van der Waals surface area contributed by atoms with E-state index >= 15 is 0 Å². The smallest absolute Gasteiger partial charge is 0.291 e. The van der Waals surface area contributed by atoms with Crippen LogP contribution in [0.1, 0.15) is 16.1 Å². The third kappa shape index (κ3) is 4.47. The Balaban J connectivity index is 1.20. The van der Waals surface area contributed by atoms with E-state index in [9.17, 15) is 9.59 Å². The van der Waals surface area contributed by atoms with Crippen molar-refractivity contribution in [1.82, 2.24) is 15.0 Å². The first-order valence-corrected chi connectivity index (χ1v) is 12.1. The highest BCUT2D eigenvalue weighted by molar-refractivity contribution is 6.04. The maximum Gasteiger partial charge on any atom is 0.291 e. The highest BCUT2D eigenvalue weighted by Crippen LogP contribution is 2.27. The minimum Gasteiger partial charge on any atom is -0.451 e. The average Bonchev–Trinajstić information content (AvgIpc) is 2.94. The first-order valence-electron chi connectivity index (χ1n) is 12.1. The van der Waals surface area contributed by atoms with E-state index < -0.39 is 5.91 Å². The first kappa shape index (κ1) is 22.7. The second-order valence-corrected chi connectivity index (χ2v) is 8.98. The van der Waals surface area contributed by atoms with E-state index in [0.29, 0.717) is 16.7 Å². The number of nitrogens with one attached hydrogen (secondary N) is 1. The van der Waals surface area contributed by atoms with E-state index in [1.165, 1.54) is 6.07 Å². The van der Waals surface area contributed by atoms with Crippen LogP contribution in [0.2, 0.25) is 0 Å². The van der Waals surface area contributed by atoms with Gasteiger partial charge < -0.3 is 19.5 Å². The number of aryl methyl sites for hydroxylation is 1. The van der Waals surface area contributed by atoms with Crippen molar-refractivity contribution in [2.75, 3.05) is 41.3 Å². The van der Waals surface area contributed by atoms with Gasteiger partial charge in [-0.05, 0) is 55.0 Å². The van der Waals surface area contributed by atoms with E-state index in [0.717, 1.165) is 54.4 Å². The van der Waals surface area contributed by atoms with Gasteiger partial charge in [0.1, 0.15) is 11.4 Å². The van der Waals surface area contributed by atoms with Crippen molar-refractivity contribution < 1.29 is 9.21 Å². The molecule has 1 aliphatic heterocycles. The standard InChI is InChI=1S/C28H24N6O3/c1-18-15-26(33-11-13-34(14-12-33)28-29-9-4-10-30-28)32-22-8-7-19(16-21(18)22)31-27(36)25-17-23(35)20-5-2-3-6-24(20)37-25/h2-10,15-17H,11-14H2,1H3,(H,31,36). The van der Waals surface area contributed by atoms with Crippen LogP contribution in [0.5, 0.6) is 0 Å². The number of carbonyl (C=O) groups excluding carboxylic acids is 1. The summed E-state index contributed by atoms with van der Waals surface area (Å²) in [5.41, 5.74) is 2.63. The van der Waals surface area contributed by atoms with Gasteiger partial charge in [-0.2, -0.15) is 0 Å². The minimum absolute atomic E-state index is 0.0333. The van der Waals surface area contributed by atoms with E-state index in [-0.39, 0.29) is 11.2 Å². The molecule has 1 saturated heterocycles.